The minimum Gasteiger partial charge on any atom is -0.369 e. The van der Waals surface area contributed by atoms with Crippen LogP contribution >= 0.6 is 27.7 Å². The number of nitrogens with zero attached hydrogens (tertiary/aromatic N) is 4. The van der Waals surface area contributed by atoms with Crippen molar-refractivity contribution in [2.24, 2.45) is 0 Å². The summed E-state index contributed by atoms with van der Waals surface area (Å²) in [6, 6.07) is 0. The van der Waals surface area contributed by atoms with Crippen LogP contribution in [0.4, 0.5) is 5.82 Å². The molecular formula is C13H16BrN5S. The summed E-state index contributed by atoms with van der Waals surface area (Å²) in [5.74, 6) is 0.783. The zero-order valence-electron chi connectivity index (χ0n) is 11.9. The Morgan fingerprint density at radius 3 is 2.40 bits per heavy atom. The average Bonchev–Trinajstić information content (AvgIpc) is 2.41. The molecule has 106 valence electrons. The first-order valence-corrected chi connectivity index (χ1v) is 7.88. The van der Waals surface area contributed by atoms with Gasteiger partial charge in [0.2, 0.25) is 0 Å². The molecule has 1 N–H and O–H groups in total. The SMILES string of the molecule is CCNc1ncnc(Sc2nc(C)c(C)c(C)n2)c1Br. The predicted molar refractivity (Wildman–Crippen MR) is 84.3 cm³/mol. The van der Waals surface area contributed by atoms with Crippen LogP contribution in [0.3, 0.4) is 0 Å². The van der Waals surface area contributed by atoms with Crippen molar-refractivity contribution in [1.82, 2.24) is 19.9 Å². The average molecular weight is 354 g/mol. The minimum atomic E-state index is 0.701. The smallest absolute Gasteiger partial charge is 0.194 e. The number of rotatable bonds is 4. The van der Waals surface area contributed by atoms with Gasteiger partial charge in [0.25, 0.3) is 0 Å². The molecule has 0 fully saturated rings. The number of hydrogen-bond acceptors (Lipinski definition) is 6. The quantitative estimate of drug-likeness (QED) is 0.669. The Morgan fingerprint density at radius 1 is 1.15 bits per heavy atom. The van der Waals surface area contributed by atoms with E-state index in [0.717, 1.165) is 38.8 Å². The molecule has 0 aliphatic carbocycles. The molecule has 2 aromatic heterocycles. The molecule has 0 spiro atoms. The van der Waals surface area contributed by atoms with Crippen molar-refractivity contribution in [3.8, 4) is 0 Å². The molecule has 0 aliphatic heterocycles. The molecule has 5 nitrogen and oxygen atoms in total. The van der Waals surface area contributed by atoms with E-state index in [9.17, 15) is 0 Å². The Kier molecular flexibility index (Phi) is 4.93. The van der Waals surface area contributed by atoms with E-state index in [0.29, 0.717) is 5.16 Å². The molecule has 0 saturated carbocycles. The van der Waals surface area contributed by atoms with E-state index in [2.05, 4.69) is 41.2 Å². The minimum absolute atomic E-state index is 0.701. The molecule has 2 rings (SSSR count). The Hall–Kier alpha value is -1.21. The first-order valence-electron chi connectivity index (χ1n) is 6.27. The van der Waals surface area contributed by atoms with E-state index in [-0.39, 0.29) is 0 Å². The van der Waals surface area contributed by atoms with E-state index >= 15 is 0 Å². The van der Waals surface area contributed by atoms with E-state index in [1.54, 1.807) is 6.33 Å². The maximum Gasteiger partial charge on any atom is 0.194 e. The standard InChI is InChI=1S/C13H16BrN5S/c1-5-15-11-10(14)12(17-6-16-11)20-13-18-8(3)7(2)9(4)19-13/h6H,5H2,1-4H3,(H,15,16,17). The van der Waals surface area contributed by atoms with Gasteiger partial charge in [-0.2, -0.15) is 0 Å². The third kappa shape index (κ3) is 3.27. The first-order chi connectivity index (χ1) is 9.52. The Morgan fingerprint density at radius 2 is 1.80 bits per heavy atom. The predicted octanol–water partition coefficient (Wildman–Crippen LogP) is 3.54. The summed E-state index contributed by atoms with van der Waals surface area (Å²) in [4.78, 5) is 17.5. The van der Waals surface area contributed by atoms with Crippen molar-refractivity contribution in [2.75, 3.05) is 11.9 Å². The fourth-order valence-corrected chi connectivity index (χ4v) is 3.00. The highest BCUT2D eigenvalue weighted by Crippen LogP contribution is 2.33. The molecule has 0 radical (unpaired) electrons. The Balaban J connectivity index is 2.33. The lowest BCUT2D eigenvalue weighted by Crippen LogP contribution is -2.02. The molecule has 20 heavy (non-hydrogen) atoms. The summed E-state index contributed by atoms with van der Waals surface area (Å²) < 4.78 is 0.839. The van der Waals surface area contributed by atoms with Crippen molar-refractivity contribution < 1.29 is 0 Å². The maximum atomic E-state index is 4.50. The highest BCUT2D eigenvalue weighted by molar-refractivity contribution is 9.10. The second-order valence-electron chi connectivity index (χ2n) is 4.28. The van der Waals surface area contributed by atoms with Gasteiger partial charge in [0, 0.05) is 17.9 Å². The molecule has 0 atom stereocenters. The lowest BCUT2D eigenvalue weighted by Gasteiger charge is -2.09. The Labute approximate surface area is 131 Å². The van der Waals surface area contributed by atoms with Crippen molar-refractivity contribution >= 4 is 33.5 Å². The lowest BCUT2D eigenvalue weighted by molar-refractivity contribution is 0.876. The molecule has 0 unspecified atom stereocenters. The van der Waals surface area contributed by atoms with Crippen LogP contribution in [0.1, 0.15) is 23.9 Å². The topological polar surface area (TPSA) is 63.6 Å². The summed E-state index contributed by atoms with van der Waals surface area (Å²) >= 11 is 4.96. The van der Waals surface area contributed by atoms with Gasteiger partial charge in [-0.15, -0.1) is 0 Å². The van der Waals surface area contributed by atoms with E-state index in [4.69, 9.17) is 0 Å². The monoisotopic (exact) mass is 353 g/mol. The van der Waals surface area contributed by atoms with Crippen molar-refractivity contribution in [2.45, 2.75) is 37.9 Å². The second-order valence-corrected chi connectivity index (χ2v) is 6.02. The van der Waals surface area contributed by atoms with Crippen LogP contribution in [-0.2, 0) is 0 Å². The number of aromatic nitrogens is 4. The molecule has 0 saturated heterocycles. The van der Waals surface area contributed by atoms with E-state index in [1.165, 1.54) is 11.8 Å². The van der Waals surface area contributed by atoms with Gasteiger partial charge in [0.15, 0.2) is 5.16 Å². The number of hydrogen-bond donors (Lipinski definition) is 1. The highest BCUT2D eigenvalue weighted by atomic mass is 79.9. The first kappa shape index (κ1) is 15.2. The lowest BCUT2D eigenvalue weighted by atomic mass is 10.2. The van der Waals surface area contributed by atoms with Gasteiger partial charge in [0.05, 0.1) is 4.47 Å². The second kappa shape index (κ2) is 6.49. The van der Waals surface area contributed by atoms with Crippen molar-refractivity contribution in [3.63, 3.8) is 0 Å². The van der Waals surface area contributed by atoms with Crippen LogP contribution in [0.2, 0.25) is 0 Å². The van der Waals surface area contributed by atoms with Gasteiger partial charge < -0.3 is 5.32 Å². The number of anilines is 1. The van der Waals surface area contributed by atoms with Crippen LogP contribution in [0, 0.1) is 20.8 Å². The molecule has 7 heteroatoms. The van der Waals surface area contributed by atoms with Gasteiger partial charge in [-0.05, 0) is 61.0 Å². The summed E-state index contributed by atoms with van der Waals surface area (Å²) in [6.45, 7) is 8.85. The van der Waals surface area contributed by atoms with E-state index < -0.39 is 0 Å². The Bertz CT molecular complexity index is 609. The fraction of sp³-hybridized carbons (Fsp3) is 0.385. The number of nitrogens with one attached hydrogen (secondary N) is 1. The van der Waals surface area contributed by atoms with Gasteiger partial charge in [-0.1, -0.05) is 0 Å². The van der Waals surface area contributed by atoms with Crippen LogP contribution < -0.4 is 5.32 Å². The van der Waals surface area contributed by atoms with Crippen LogP contribution in [0.25, 0.3) is 0 Å². The zero-order valence-corrected chi connectivity index (χ0v) is 14.3. The third-order valence-corrected chi connectivity index (χ3v) is 4.78. The largest absolute Gasteiger partial charge is 0.369 e. The van der Waals surface area contributed by atoms with Crippen molar-refractivity contribution in [3.05, 3.63) is 27.8 Å². The summed E-state index contributed by atoms with van der Waals surface area (Å²) in [7, 11) is 0. The summed E-state index contributed by atoms with van der Waals surface area (Å²) in [6.07, 6.45) is 1.54. The van der Waals surface area contributed by atoms with Gasteiger partial charge in [0.1, 0.15) is 17.2 Å². The van der Waals surface area contributed by atoms with Crippen LogP contribution in [0.15, 0.2) is 21.0 Å². The van der Waals surface area contributed by atoms with E-state index in [1.807, 2.05) is 27.7 Å². The molecular weight excluding hydrogens is 338 g/mol. The van der Waals surface area contributed by atoms with Gasteiger partial charge >= 0.3 is 0 Å². The third-order valence-electron chi connectivity index (χ3n) is 2.90. The number of aryl methyl sites for hydroxylation is 2. The summed E-state index contributed by atoms with van der Waals surface area (Å²) in [5.41, 5.74) is 3.12. The van der Waals surface area contributed by atoms with Crippen molar-refractivity contribution in [1.29, 1.82) is 0 Å². The molecule has 0 bridgehead atoms. The molecule has 2 heterocycles. The molecule has 2 aromatic rings. The molecule has 0 aromatic carbocycles. The highest BCUT2D eigenvalue weighted by Gasteiger charge is 2.12. The molecule has 0 amide bonds. The normalized spacial score (nSPS) is 10.7. The van der Waals surface area contributed by atoms with Gasteiger partial charge in [-0.25, -0.2) is 19.9 Å². The summed E-state index contributed by atoms with van der Waals surface area (Å²) in [5, 5.41) is 4.69. The number of halogens is 1. The van der Waals surface area contributed by atoms with Crippen LogP contribution in [-0.4, -0.2) is 26.5 Å². The zero-order chi connectivity index (χ0) is 14.7. The van der Waals surface area contributed by atoms with Crippen LogP contribution in [0.5, 0.6) is 0 Å². The molecule has 0 aliphatic rings. The van der Waals surface area contributed by atoms with Gasteiger partial charge in [-0.3, -0.25) is 0 Å². The fourth-order valence-electron chi connectivity index (χ4n) is 1.59. The maximum absolute atomic E-state index is 4.50.